The highest BCUT2D eigenvalue weighted by Gasteiger charge is 2.23. The number of carbonyl (C=O) groups is 1. The van der Waals surface area contributed by atoms with Crippen LogP contribution >= 0.6 is 11.3 Å². The molecule has 2 aromatic rings. The largest absolute Gasteiger partial charge is 0.334 e. The SMILES string of the molecule is Cc1ccc(Cc2nc(C(=O)N3CCN[C@H](C)C3)cs2)cc1. The van der Waals surface area contributed by atoms with E-state index < -0.39 is 0 Å². The van der Waals surface area contributed by atoms with Crippen LogP contribution in [0.4, 0.5) is 0 Å². The number of rotatable bonds is 3. The van der Waals surface area contributed by atoms with Gasteiger partial charge in [0.2, 0.25) is 0 Å². The Morgan fingerprint density at radius 1 is 1.41 bits per heavy atom. The quantitative estimate of drug-likeness (QED) is 0.946. The van der Waals surface area contributed by atoms with E-state index in [1.165, 1.54) is 11.1 Å². The minimum Gasteiger partial charge on any atom is -0.334 e. The van der Waals surface area contributed by atoms with Gasteiger partial charge in [-0.2, -0.15) is 0 Å². The second kappa shape index (κ2) is 6.58. The van der Waals surface area contributed by atoms with Gasteiger partial charge in [-0.25, -0.2) is 4.98 Å². The van der Waals surface area contributed by atoms with Crippen LogP contribution in [0.15, 0.2) is 29.6 Å². The van der Waals surface area contributed by atoms with Crippen LogP contribution in [0.2, 0.25) is 0 Å². The molecule has 1 aromatic heterocycles. The molecule has 3 rings (SSSR count). The zero-order chi connectivity index (χ0) is 15.5. The van der Waals surface area contributed by atoms with E-state index in [1.54, 1.807) is 11.3 Å². The summed E-state index contributed by atoms with van der Waals surface area (Å²) in [6.07, 6.45) is 0.788. The summed E-state index contributed by atoms with van der Waals surface area (Å²) in [5, 5.41) is 6.23. The lowest BCUT2D eigenvalue weighted by molar-refractivity contribution is 0.0704. The zero-order valence-corrected chi connectivity index (χ0v) is 13.8. The molecule has 0 bridgehead atoms. The molecule has 116 valence electrons. The molecule has 22 heavy (non-hydrogen) atoms. The van der Waals surface area contributed by atoms with Crippen molar-refractivity contribution >= 4 is 17.2 Å². The summed E-state index contributed by atoms with van der Waals surface area (Å²) in [5.41, 5.74) is 3.07. The number of hydrogen-bond acceptors (Lipinski definition) is 4. The predicted molar refractivity (Wildman–Crippen MR) is 89.5 cm³/mol. The van der Waals surface area contributed by atoms with Gasteiger partial charge in [0.25, 0.3) is 5.91 Å². The van der Waals surface area contributed by atoms with Gasteiger partial charge in [0.1, 0.15) is 5.69 Å². The lowest BCUT2D eigenvalue weighted by Crippen LogP contribution is -2.51. The smallest absolute Gasteiger partial charge is 0.273 e. The molecule has 4 nitrogen and oxygen atoms in total. The molecule has 0 unspecified atom stereocenters. The summed E-state index contributed by atoms with van der Waals surface area (Å²) in [6.45, 7) is 6.55. The van der Waals surface area contributed by atoms with Crippen molar-refractivity contribution in [2.45, 2.75) is 26.3 Å². The maximum Gasteiger partial charge on any atom is 0.273 e. The average molecular weight is 315 g/mol. The average Bonchev–Trinajstić information content (AvgIpc) is 2.97. The van der Waals surface area contributed by atoms with Crippen LogP contribution in [-0.4, -0.2) is 41.5 Å². The second-order valence-electron chi connectivity index (χ2n) is 5.90. The van der Waals surface area contributed by atoms with Crippen molar-refractivity contribution in [2.24, 2.45) is 0 Å². The van der Waals surface area contributed by atoms with Crippen LogP contribution in [0.5, 0.6) is 0 Å². The van der Waals surface area contributed by atoms with Gasteiger partial charge in [0, 0.05) is 37.5 Å². The Kier molecular flexibility index (Phi) is 4.55. The first kappa shape index (κ1) is 15.2. The maximum atomic E-state index is 12.5. The molecule has 0 aliphatic carbocycles. The molecule has 1 fully saturated rings. The molecule has 0 radical (unpaired) electrons. The van der Waals surface area contributed by atoms with E-state index in [1.807, 2.05) is 10.3 Å². The van der Waals surface area contributed by atoms with Crippen molar-refractivity contribution in [3.05, 3.63) is 51.5 Å². The van der Waals surface area contributed by atoms with Crippen molar-refractivity contribution in [1.82, 2.24) is 15.2 Å². The maximum absolute atomic E-state index is 12.5. The lowest BCUT2D eigenvalue weighted by atomic mass is 10.1. The fourth-order valence-electron chi connectivity index (χ4n) is 2.65. The molecule has 1 aromatic carbocycles. The van der Waals surface area contributed by atoms with Gasteiger partial charge >= 0.3 is 0 Å². The standard InChI is InChI=1S/C17H21N3OS/c1-12-3-5-14(6-4-12)9-16-19-15(11-22-16)17(21)20-8-7-18-13(2)10-20/h3-6,11,13,18H,7-10H2,1-2H3/t13-/m1/s1. The third-order valence-electron chi connectivity index (χ3n) is 3.90. The van der Waals surface area contributed by atoms with Gasteiger partial charge in [-0.05, 0) is 19.4 Å². The number of nitrogens with one attached hydrogen (secondary N) is 1. The highest BCUT2D eigenvalue weighted by atomic mass is 32.1. The number of hydrogen-bond donors (Lipinski definition) is 1. The molecule has 5 heteroatoms. The van der Waals surface area contributed by atoms with Crippen molar-refractivity contribution in [1.29, 1.82) is 0 Å². The number of aryl methyl sites for hydroxylation is 1. The van der Waals surface area contributed by atoms with Crippen molar-refractivity contribution in [2.75, 3.05) is 19.6 Å². The Labute approximate surface area is 135 Å². The Morgan fingerprint density at radius 3 is 2.91 bits per heavy atom. The topological polar surface area (TPSA) is 45.2 Å². The van der Waals surface area contributed by atoms with E-state index in [-0.39, 0.29) is 5.91 Å². The monoisotopic (exact) mass is 315 g/mol. The summed E-state index contributed by atoms with van der Waals surface area (Å²) >= 11 is 1.57. The Morgan fingerprint density at radius 2 is 2.18 bits per heavy atom. The molecular formula is C17H21N3OS. The highest BCUT2D eigenvalue weighted by molar-refractivity contribution is 7.09. The zero-order valence-electron chi connectivity index (χ0n) is 13.0. The third kappa shape index (κ3) is 3.54. The van der Waals surface area contributed by atoms with Crippen LogP contribution in [-0.2, 0) is 6.42 Å². The first-order chi connectivity index (χ1) is 10.6. The van der Waals surface area contributed by atoms with Gasteiger partial charge in [0.05, 0.1) is 5.01 Å². The molecule has 1 N–H and O–H groups in total. The van der Waals surface area contributed by atoms with Crippen molar-refractivity contribution in [3.8, 4) is 0 Å². The highest BCUT2D eigenvalue weighted by Crippen LogP contribution is 2.17. The molecule has 2 heterocycles. The molecule has 0 saturated carbocycles. The fraction of sp³-hybridized carbons (Fsp3) is 0.412. The number of piperazine rings is 1. The Bertz CT molecular complexity index is 650. The minimum atomic E-state index is 0.0553. The van der Waals surface area contributed by atoms with Gasteiger partial charge in [-0.1, -0.05) is 29.8 Å². The van der Waals surface area contributed by atoms with E-state index in [4.69, 9.17) is 0 Å². The number of aromatic nitrogens is 1. The van der Waals surface area contributed by atoms with E-state index in [0.29, 0.717) is 11.7 Å². The second-order valence-corrected chi connectivity index (χ2v) is 6.84. The van der Waals surface area contributed by atoms with E-state index in [2.05, 4.69) is 48.4 Å². The normalized spacial score (nSPS) is 18.5. The summed E-state index contributed by atoms with van der Waals surface area (Å²) < 4.78 is 0. The summed E-state index contributed by atoms with van der Waals surface area (Å²) in [6, 6.07) is 8.81. The molecule has 1 atom stereocenters. The van der Waals surface area contributed by atoms with E-state index in [0.717, 1.165) is 31.1 Å². The summed E-state index contributed by atoms with van der Waals surface area (Å²) in [5.74, 6) is 0.0553. The molecule has 1 aliphatic heterocycles. The Balaban J connectivity index is 1.67. The van der Waals surface area contributed by atoms with Gasteiger partial charge in [-0.15, -0.1) is 11.3 Å². The number of carbonyl (C=O) groups excluding carboxylic acids is 1. The van der Waals surface area contributed by atoms with Crippen molar-refractivity contribution < 1.29 is 4.79 Å². The molecule has 1 aliphatic rings. The Hall–Kier alpha value is -1.72. The lowest BCUT2D eigenvalue weighted by Gasteiger charge is -2.31. The minimum absolute atomic E-state index is 0.0553. The van der Waals surface area contributed by atoms with Crippen LogP contribution in [0, 0.1) is 6.92 Å². The summed E-state index contributed by atoms with van der Waals surface area (Å²) in [7, 11) is 0. The molecule has 1 amide bonds. The van der Waals surface area contributed by atoms with Crippen LogP contribution in [0.3, 0.4) is 0 Å². The molecule has 1 saturated heterocycles. The van der Waals surface area contributed by atoms with Gasteiger partial charge in [0.15, 0.2) is 0 Å². The first-order valence-electron chi connectivity index (χ1n) is 7.64. The van der Waals surface area contributed by atoms with Crippen LogP contribution in [0.25, 0.3) is 0 Å². The first-order valence-corrected chi connectivity index (χ1v) is 8.52. The van der Waals surface area contributed by atoms with E-state index in [9.17, 15) is 4.79 Å². The number of nitrogens with zero attached hydrogens (tertiary/aromatic N) is 2. The number of benzene rings is 1. The predicted octanol–water partition coefficient (Wildman–Crippen LogP) is 2.48. The fourth-order valence-corrected chi connectivity index (χ4v) is 3.45. The van der Waals surface area contributed by atoms with Crippen LogP contribution < -0.4 is 5.32 Å². The summed E-state index contributed by atoms with van der Waals surface area (Å²) in [4.78, 5) is 18.9. The van der Waals surface area contributed by atoms with Crippen LogP contribution in [0.1, 0.15) is 33.5 Å². The molecule has 0 spiro atoms. The van der Waals surface area contributed by atoms with Crippen molar-refractivity contribution in [3.63, 3.8) is 0 Å². The number of thiazole rings is 1. The van der Waals surface area contributed by atoms with Gasteiger partial charge in [-0.3, -0.25) is 4.79 Å². The third-order valence-corrected chi connectivity index (χ3v) is 4.75. The van der Waals surface area contributed by atoms with E-state index >= 15 is 0 Å². The van der Waals surface area contributed by atoms with Gasteiger partial charge < -0.3 is 10.2 Å². The number of amides is 1. The molecular weight excluding hydrogens is 294 g/mol.